The van der Waals surface area contributed by atoms with Gasteiger partial charge in [0.05, 0.1) is 12.2 Å². The molecule has 0 bridgehead atoms. The maximum absolute atomic E-state index is 12.8. The van der Waals surface area contributed by atoms with E-state index in [0.29, 0.717) is 16.2 Å². The molecular weight excluding hydrogens is 312 g/mol. The second-order valence-corrected chi connectivity index (χ2v) is 6.48. The van der Waals surface area contributed by atoms with E-state index in [1.54, 1.807) is 24.7 Å². The maximum atomic E-state index is 12.8. The molecule has 6 heteroatoms. The zero-order chi connectivity index (χ0) is 17.0. The van der Waals surface area contributed by atoms with E-state index in [1.807, 2.05) is 6.07 Å². The van der Waals surface area contributed by atoms with E-state index in [0.717, 1.165) is 25.7 Å². The molecule has 124 valence electrons. The van der Waals surface area contributed by atoms with Gasteiger partial charge in [-0.15, -0.1) is 11.8 Å². The fraction of sp³-hybridized carbons (Fsp3) is 0.588. The highest BCUT2D eigenvalue weighted by molar-refractivity contribution is 7.98. The van der Waals surface area contributed by atoms with Crippen LogP contribution in [0, 0.1) is 18.3 Å². The number of nitrogens with zero attached hydrogens (tertiary/aromatic N) is 2. The van der Waals surface area contributed by atoms with Gasteiger partial charge in [0.1, 0.15) is 11.6 Å². The molecule has 2 rings (SSSR count). The molecule has 23 heavy (non-hydrogen) atoms. The van der Waals surface area contributed by atoms with Gasteiger partial charge in [-0.2, -0.15) is 5.26 Å². The quantitative estimate of drug-likeness (QED) is 0.623. The van der Waals surface area contributed by atoms with Gasteiger partial charge in [-0.1, -0.05) is 19.3 Å². The SMILES string of the molecule is CCOC(=O)c1c(SC)c(C#N)c(=O)n(C2CCCCC2)c1C. The van der Waals surface area contributed by atoms with Gasteiger partial charge in [-0.3, -0.25) is 4.79 Å². The first-order valence-corrected chi connectivity index (χ1v) is 9.19. The number of aromatic nitrogens is 1. The van der Waals surface area contributed by atoms with Crippen LogP contribution < -0.4 is 5.56 Å². The van der Waals surface area contributed by atoms with E-state index in [-0.39, 0.29) is 23.8 Å². The predicted octanol–water partition coefficient (Wildman–Crippen LogP) is 3.43. The van der Waals surface area contributed by atoms with Gasteiger partial charge in [0.15, 0.2) is 0 Å². The molecule has 0 radical (unpaired) electrons. The Morgan fingerprint density at radius 1 is 1.39 bits per heavy atom. The van der Waals surface area contributed by atoms with Crippen molar-refractivity contribution < 1.29 is 9.53 Å². The number of carbonyl (C=O) groups is 1. The molecule has 1 heterocycles. The summed E-state index contributed by atoms with van der Waals surface area (Å²) in [4.78, 5) is 25.6. The van der Waals surface area contributed by atoms with E-state index in [4.69, 9.17) is 4.74 Å². The normalized spacial score (nSPS) is 15.2. The van der Waals surface area contributed by atoms with Gasteiger partial charge >= 0.3 is 5.97 Å². The number of nitriles is 1. The predicted molar refractivity (Wildman–Crippen MR) is 90.0 cm³/mol. The van der Waals surface area contributed by atoms with Crippen LogP contribution in [-0.4, -0.2) is 23.4 Å². The molecule has 1 saturated carbocycles. The first kappa shape index (κ1) is 17.6. The van der Waals surface area contributed by atoms with E-state index in [2.05, 4.69) is 0 Å². The monoisotopic (exact) mass is 334 g/mol. The van der Waals surface area contributed by atoms with Crippen LogP contribution in [0.2, 0.25) is 0 Å². The highest BCUT2D eigenvalue weighted by atomic mass is 32.2. The van der Waals surface area contributed by atoms with Crippen LogP contribution >= 0.6 is 11.8 Å². The van der Waals surface area contributed by atoms with Crippen molar-refractivity contribution in [1.82, 2.24) is 4.57 Å². The van der Waals surface area contributed by atoms with Crippen molar-refractivity contribution in [3.05, 3.63) is 27.2 Å². The lowest BCUT2D eigenvalue weighted by Gasteiger charge is -2.27. The van der Waals surface area contributed by atoms with Crippen LogP contribution in [0.15, 0.2) is 9.69 Å². The third kappa shape index (κ3) is 3.30. The molecule has 0 aromatic carbocycles. The Morgan fingerprint density at radius 2 is 2.04 bits per heavy atom. The van der Waals surface area contributed by atoms with Crippen molar-refractivity contribution in [2.75, 3.05) is 12.9 Å². The summed E-state index contributed by atoms with van der Waals surface area (Å²) in [6.07, 6.45) is 6.89. The summed E-state index contributed by atoms with van der Waals surface area (Å²) in [7, 11) is 0. The van der Waals surface area contributed by atoms with Crippen molar-refractivity contribution in [3.63, 3.8) is 0 Å². The minimum atomic E-state index is -0.463. The third-order valence-electron chi connectivity index (χ3n) is 4.35. The highest BCUT2D eigenvalue weighted by Crippen LogP contribution is 2.32. The second kappa shape index (κ2) is 7.69. The second-order valence-electron chi connectivity index (χ2n) is 5.67. The van der Waals surface area contributed by atoms with E-state index >= 15 is 0 Å². The number of thioether (sulfide) groups is 1. The van der Waals surface area contributed by atoms with Gasteiger partial charge in [0, 0.05) is 16.6 Å². The molecule has 0 aliphatic heterocycles. The summed E-state index contributed by atoms with van der Waals surface area (Å²) in [6, 6.07) is 2.06. The van der Waals surface area contributed by atoms with Crippen molar-refractivity contribution in [1.29, 1.82) is 5.26 Å². The minimum absolute atomic E-state index is 0.0525. The summed E-state index contributed by atoms with van der Waals surface area (Å²) in [6.45, 7) is 3.79. The van der Waals surface area contributed by atoms with E-state index < -0.39 is 5.97 Å². The number of carbonyl (C=O) groups excluding carboxylic acids is 1. The zero-order valence-corrected chi connectivity index (χ0v) is 14.7. The van der Waals surface area contributed by atoms with E-state index in [1.165, 1.54) is 18.2 Å². The lowest BCUT2D eigenvalue weighted by molar-refractivity contribution is 0.0519. The summed E-state index contributed by atoms with van der Waals surface area (Å²) in [5.41, 5.74) is 0.746. The van der Waals surface area contributed by atoms with Gasteiger partial charge in [-0.05, 0) is 32.9 Å². The fourth-order valence-corrected chi connectivity index (χ4v) is 4.08. The molecule has 0 saturated heterocycles. The Hall–Kier alpha value is -1.74. The Bertz CT molecular complexity index is 697. The summed E-state index contributed by atoms with van der Waals surface area (Å²) in [5, 5.41) is 9.45. The molecule has 0 spiro atoms. The molecule has 1 fully saturated rings. The topological polar surface area (TPSA) is 72.1 Å². The van der Waals surface area contributed by atoms with Gasteiger partial charge in [0.25, 0.3) is 5.56 Å². The standard InChI is InChI=1S/C17H22N2O3S/c1-4-22-17(21)14-11(2)19(12-8-6-5-7-9-12)16(20)13(10-18)15(14)23-3/h12H,4-9H2,1-3H3. The van der Waals surface area contributed by atoms with Crippen molar-refractivity contribution in [3.8, 4) is 6.07 Å². The average molecular weight is 334 g/mol. The molecule has 0 atom stereocenters. The van der Waals surface area contributed by atoms with Crippen LogP contribution in [0.4, 0.5) is 0 Å². The van der Waals surface area contributed by atoms with Crippen LogP contribution in [0.3, 0.4) is 0 Å². The summed E-state index contributed by atoms with van der Waals surface area (Å²) < 4.78 is 6.81. The van der Waals surface area contributed by atoms with Gasteiger partial charge in [-0.25, -0.2) is 4.79 Å². The smallest absolute Gasteiger partial charge is 0.341 e. The summed E-state index contributed by atoms with van der Waals surface area (Å²) >= 11 is 1.25. The Kier molecular flexibility index (Phi) is 5.89. The van der Waals surface area contributed by atoms with Crippen molar-refractivity contribution in [2.45, 2.75) is 56.9 Å². The summed E-state index contributed by atoms with van der Waals surface area (Å²) in [5.74, 6) is -0.463. The molecule has 5 nitrogen and oxygen atoms in total. The van der Waals surface area contributed by atoms with E-state index in [9.17, 15) is 14.9 Å². The number of esters is 1. The van der Waals surface area contributed by atoms with Crippen molar-refractivity contribution >= 4 is 17.7 Å². The lowest BCUT2D eigenvalue weighted by atomic mass is 9.94. The Morgan fingerprint density at radius 3 is 2.57 bits per heavy atom. The Labute approximate surface area is 140 Å². The van der Waals surface area contributed by atoms with Crippen molar-refractivity contribution in [2.24, 2.45) is 0 Å². The molecule has 0 N–H and O–H groups in total. The molecule has 0 amide bonds. The molecular formula is C17H22N2O3S. The minimum Gasteiger partial charge on any atom is -0.462 e. The van der Waals surface area contributed by atoms with Crippen LogP contribution in [0.1, 0.15) is 66.7 Å². The Balaban J connectivity index is 2.72. The van der Waals surface area contributed by atoms with Crippen LogP contribution in [-0.2, 0) is 4.74 Å². The number of ether oxygens (including phenoxy) is 1. The third-order valence-corrected chi connectivity index (χ3v) is 5.16. The molecule has 1 aliphatic carbocycles. The largest absolute Gasteiger partial charge is 0.462 e. The molecule has 1 aromatic heterocycles. The highest BCUT2D eigenvalue weighted by Gasteiger charge is 2.28. The number of pyridine rings is 1. The fourth-order valence-electron chi connectivity index (χ4n) is 3.30. The molecule has 1 aliphatic rings. The molecule has 1 aromatic rings. The molecule has 0 unspecified atom stereocenters. The zero-order valence-electron chi connectivity index (χ0n) is 13.8. The number of rotatable bonds is 4. The van der Waals surface area contributed by atoms with Gasteiger partial charge < -0.3 is 9.30 Å². The first-order valence-electron chi connectivity index (χ1n) is 7.97. The average Bonchev–Trinajstić information content (AvgIpc) is 2.55. The number of hydrogen-bond acceptors (Lipinski definition) is 5. The lowest BCUT2D eigenvalue weighted by Crippen LogP contribution is -2.33. The number of hydrogen-bond donors (Lipinski definition) is 0. The van der Waals surface area contributed by atoms with Crippen LogP contribution in [0.5, 0.6) is 0 Å². The van der Waals surface area contributed by atoms with Gasteiger partial charge in [0.2, 0.25) is 0 Å². The van der Waals surface area contributed by atoms with Crippen LogP contribution in [0.25, 0.3) is 0 Å². The first-order chi connectivity index (χ1) is 11.1. The maximum Gasteiger partial charge on any atom is 0.341 e.